The average molecular weight is 256 g/mol. The molecule has 0 fully saturated rings. The Labute approximate surface area is 111 Å². The number of carbonyl (C=O) groups excluding carboxylic acids is 1. The third-order valence-electron chi connectivity index (χ3n) is 3.67. The minimum atomic E-state index is -0.554. The van der Waals surface area contributed by atoms with Crippen molar-refractivity contribution in [3.63, 3.8) is 0 Å². The fourth-order valence-corrected chi connectivity index (χ4v) is 2.66. The van der Waals surface area contributed by atoms with E-state index in [2.05, 4.69) is 5.32 Å². The molecule has 2 aromatic rings. The molecule has 0 radical (unpaired) electrons. The number of carbonyl (C=O) groups is 1. The van der Waals surface area contributed by atoms with Gasteiger partial charge >= 0.3 is 0 Å². The minimum absolute atomic E-state index is 0.159. The molecule has 19 heavy (non-hydrogen) atoms. The SMILES string of the molecule is Cn1cccc1C(=O)N[C@@H]1c2ccccc2C[C@@H]1O. The van der Waals surface area contributed by atoms with E-state index in [-0.39, 0.29) is 11.9 Å². The largest absolute Gasteiger partial charge is 0.390 e. The number of amides is 1. The summed E-state index contributed by atoms with van der Waals surface area (Å²) in [6.45, 7) is 0. The van der Waals surface area contributed by atoms with E-state index in [1.54, 1.807) is 10.6 Å². The quantitative estimate of drug-likeness (QED) is 0.853. The van der Waals surface area contributed by atoms with E-state index < -0.39 is 6.10 Å². The van der Waals surface area contributed by atoms with Gasteiger partial charge in [-0.1, -0.05) is 24.3 Å². The van der Waals surface area contributed by atoms with Crippen molar-refractivity contribution in [3.8, 4) is 0 Å². The first-order valence-electron chi connectivity index (χ1n) is 6.35. The number of rotatable bonds is 2. The Hall–Kier alpha value is -2.07. The summed E-state index contributed by atoms with van der Waals surface area (Å²) in [5, 5.41) is 13.0. The lowest BCUT2D eigenvalue weighted by atomic mass is 10.1. The van der Waals surface area contributed by atoms with Crippen LogP contribution >= 0.6 is 0 Å². The molecule has 0 bridgehead atoms. The van der Waals surface area contributed by atoms with Gasteiger partial charge in [-0.05, 0) is 23.3 Å². The van der Waals surface area contributed by atoms with Crippen LogP contribution in [0.4, 0.5) is 0 Å². The topological polar surface area (TPSA) is 54.3 Å². The minimum Gasteiger partial charge on any atom is -0.390 e. The highest BCUT2D eigenvalue weighted by Crippen LogP contribution is 2.31. The summed E-state index contributed by atoms with van der Waals surface area (Å²) in [4.78, 5) is 12.2. The van der Waals surface area contributed by atoms with Crippen LogP contribution in [0.25, 0.3) is 0 Å². The van der Waals surface area contributed by atoms with Gasteiger partial charge in [0.2, 0.25) is 0 Å². The van der Waals surface area contributed by atoms with Crippen LogP contribution in [0.1, 0.15) is 27.7 Å². The zero-order chi connectivity index (χ0) is 13.4. The number of aromatic nitrogens is 1. The molecule has 4 nitrogen and oxygen atoms in total. The molecule has 0 spiro atoms. The number of nitrogens with zero attached hydrogens (tertiary/aromatic N) is 1. The predicted molar refractivity (Wildman–Crippen MR) is 71.8 cm³/mol. The molecular formula is C15H16N2O2. The maximum atomic E-state index is 12.2. The molecule has 0 unspecified atom stereocenters. The van der Waals surface area contributed by atoms with Crippen LogP contribution in [0.15, 0.2) is 42.6 Å². The van der Waals surface area contributed by atoms with Gasteiger partial charge in [-0.2, -0.15) is 0 Å². The number of hydrogen-bond donors (Lipinski definition) is 2. The van der Waals surface area contributed by atoms with Crippen molar-refractivity contribution < 1.29 is 9.90 Å². The number of benzene rings is 1. The number of aliphatic hydroxyl groups excluding tert-OH is 1. The zero-order valence-electron chi connectivity index (χ0n) is 10.7. The fraction of sp³-hybridized carbons (Fsp3) is 0.267. The van der Waals surface area contributed by atoms with Gasteiger partial charge in [0.25, 0.3) is 5.91 Å². The van der Waals surface area contributed by atoms with Gasteiger partial charge in [0.1, 0.15) is 5.69 Å². The van der Waals surface area contributed by atoms with E-state index in [9.17, 15) is 9.90 Å². The van der Waals surface area contributed by atoms with Crippen molar-refractivity contribution in [1.82, 2.24) is 9.88 Å². The summed E-state index contributed by atoms with van der Waals surface area (Å²) in [5.74, 6) is -0.159. The smallest absolute Gasteiger partial charge is 0.268 e. The molecule has 2 N–H and O–H groups in total. The lowest BCUT2D eigenvalue weighted by Crippen LogP contribution is -2.34. The summed E-state index contributed by atoms with van der Waals surface area (Å²) in [7, 11) is 1.83. The van der Waals surface area contributed by atoms with Gasteiger partial charge in [0.15, 0.2) is 0 Å². The zero-order valence-corrected chi connectivity index (χ0v) is 10.7. The second-order valence-corrected chi connectivity index (χ2v) is 4.93. The van der Waals surface area contributed by atoms with Gasteiger partial charge in [-0.3, -0.25) is 4.79 Å². The maximum Gasteiger partial charge on any atom is 0.268 e. The first-order chi connectivity index (χ1) is 9.16. The van der Waals surface area contributed by atoms with Crippen molar-refractivity contribution in [2.45, 2.75) is 18.6 Å². The molecule has 1 heterocycles. The van der Waals surface area contributed by atoms with E-state index in [1.807, 2.05) is 43.6 Å². The fourth-order valence-electron chi connectivity index (χ4n) is 2.66. The average Bonchev–Trinajstić information content (AvgIpc) is 2.94. The van der Waals surface area contributed by atoms with Crippen molar-refractivity contribution in [2.24, 2.45) is 7.05 Å². The Kier molecular flexibility index (Phi) is 2.87. The molecule has 2 atom stereocenters. The Bertz CT molecular complexity index is 618. The second kappa shape index (κ2) is 4.55. The van der Waals surface area contributed by atoms with Crippen LogP contribution in [0, 0.1) is 0 Å². The summed E-state index contributed by atoms with van der Waals surface area (Å²) >= 11 is 0. The summed E-state index contributed by atoms with van der Waals surface area (Å²) in [6.07, 6.45) is 1.86. The molecule has 3 rings (SSSR count). The normalized spacial score (nSPS) is 21.2. The van der Waals surface area contributed by atoms with E-state index in [0.717, 1.165) is 11.1 Å². The second-order valence-electron chi connectivity index (χ2n) is 4.93. The van der Waals surface area contributed by atoms with Crippen LogP contribution in [-0.2, 0) is 13.5 Å². The molecule has 98 valence electrons. The third kappa shape index (κ3) is 2.04. The lowest BCUT2D eigenvalue weighted by molar-refractivity contribution is 0.0850. The Morgan fingerprint density at radius 3 is 2.84 bits per heavy atom. The highest BCUT2D eigenvalue weighted by atomic mass is 16.3. The van der Waals surface area contributed by atoms with Crippen LogP contribution in [-0.4, -0.2) is 21.7 Å². The van der Waals surface area contributed by atoms with Gasteiger partial charge in [-0.15, -0.1) is 0 Å². The molecule has 0 saturated heterocycles. The summed E-state index contributed by atoms with van der Waals surface area (Å²) < 4.78 is 1.77. The molecule has 0 saturated carbocycles. The van der Waals surface area contributed by atoms with Crippen molar-refractivity contribution >= 4 is 5.91 Å². The van der Waals surface area contributed by atoms with E-state index in [1.165, 1.54) is 0 Å². The number of fused-ring (bicyclic) bond motifs is 1. The molecule has 1 amide bonds. The van der Waals surface area contributed by atoms with Gasteiger partial charge in [-0.25, -0.2) is 0 Å². The number of hydrogen-bond acceptors (Lipinski definition) is 2. The summed E-state index contributed by atoms with van der Waals surface area (Å²) in [5.41, 5.74) is 2.71. The monoisotopic (exact) mass is 256 g/mol. The maximum absolute atomic E-state index is 12.2. The first-order valence-corrected chi connectivity index (χ1v) is 6.35. The van der Waals surface area contributed by atoms with Crippen molar-refractivity contribution in [3.05, 3.63) is 59.4 Å². The summed E-state index contributed by atoms with van der Waals surface area (Å²) in [6, 6.07) is 11.1. The highest BCUT2D eigenvalue weighted by Gasteiger charge is 2.32. The third-order valence-corrected chi connectivity index (χ3v) is 3.67. The highest BCUT2D eigenvalue weighted by molar-refractivity contribution is 5.93. The van der Waals surface area contributed by atoms with E-state index in [4.69, 9.17) is 0 Å². The standard InChI is InChI=1S/C15H16N2O2/c1-17-8-4-7-12(17)15(19)16-14-11-6-3-2-5-10(11)9-13(14)18/h2-8,13-14,18H,9H2,1H3,(H,16,19)/t13-,14+/m0/s1. The number of nitrogens with one attached hydrogen (secondary N) is 1. The van der Waals surface area contributed by atoms with Gasteiger partial charge < -0.3 is 15.0 Å². The molecular weight excluding hydrogens is 240 g/mol. The molecule has 0 aliphatic heterocycles. The van der Waals surface area contributed by atoms with Crippen molar-refractivity contribution in [1.29, 1.82) is 0 Å². The van der Waals surface area contributed by atoms with Crippen LogP contribution < -0.4 is 5.32 Å². The van der Waals surface area contributed by atoms with Gasteiger partial charge in [0, 0.05) is 19.7 Å². The molecule has 1 aromatic carbocycles. The Balaban J connectivity index is 1.84. The molecule has 1 aliphatic carbocycles. The number of aliphatic hydroxyl groups is 1. The molecule has 1 aliphatic rings. The predicted octanol–water partition coefficient (Wildman–Crippen LogP) is 1.41. The molecule has 1 aromatic heterocycles. The Morgan fingerprint density at radius 2 is 2.11 bits per heavy atom. The Morgan fingerprint density at radius 1 is 1.32 bits per heavy atom. The van der Waals surface area contributed by atoms with Gasteiger partial charge in [0.05, 0.1) is 12.1 Å². The van der Waals surface area contributed by atoms with Crippen LogP contribution in [0.3, 0.4) is 0 Å². The van der Waals surface area contributed by atoms with Crippen LogP contribution in [0.5, 0.6) is 0 Å². The molecule has 4 heteroatoms. The van der Waals surface area contributed by atoms with E-state index in [0.29, 0.717) is 12.1 Å². The first kappa shape index (κ1) is 12.0. The van der Waals surface area contributed by atoms with Crippen molar-refractivity contribution in [2.75, 3.05) is 0 Å². The number of aryl methyl sites for hydroxylation is 1. The van der Waals surface area contributed by atoms with E-state index >= 15 is 0 Å². The van der Waals surface area contributed by atoms with Crippen LogP contribution in [0.2, 0.25) is 0 Å². The lowest BCUT2D eigenvalue weighted by Gasteiger charge is -2.18.